The second-order valence-corrected chi connectivity index (χ2v) is 9.11. The first-order chi connectivity index (χ1) is 15.9. The van der Waals surface area contributed by atoms with Gasteiger partial charge in [-0.3, -0.25) is 14.8 Å². The van der Waals surface area contributed by atoms with E-state index in [4.69, 9.17) is 0 Å². The van der Waals surface area contributed by atoms with Crippen molar-refractivity contribution in [1.29, 1.82) is 0 Å². The first-order valence-electron chi connectivity index (χ1n) is 11.2. The Kier molecular flexibility index (Phi) is 6.37. The first-order valence-corrected chi connectivity index (χ1v) is 11.2. The van der Waals surface area contributed by atoms with Gasteiger partial charge in [-0.1, -0.05) is 30.3 Å². The Morgan fingerprint density at radius 2 is 1.82 bits per heavy atom. The maximum absolute atomic E-state index is 12.9. The van der Waals surface area contributed by atoms with Gasteiger partial charge in [0, 0.05) is 17.3 Å². The van der Waals surface area contributed by atoms with Crippen molar-refractivity contribution in [3.8, 4) is 0 Å². The van der Waals surface area contributed by atoms with E-state index in [1.807, 2.05) is 6.92 Å². The average Bonchev–Trinajstić information content (AvgIpc) is 3.16. The van der Waals surface area contributed by atoms with Crippen molar-refractivity contribution in [2.75, 3.05) is 25.5 Å². The van der Waals surface area contributed by atoms with Crippen LogP contribution in [0.1, 0.15) is 44.0 Å². The molecule has 4 rings (SSSR count). The highest BCUT2D eigenvalue weighted by Gasteiger charge is 2.50. The number of anilines is 1. The molecule has 1 N–H and O–H groups in total. The lowest BCUT2D eigenvalue weighted by Gasteiger charge is -2.48. The maximum Gasteiger partial charge on any atom is 0.322 e. The van der Waals surface area contributed by atoms with Gasteiger partial charge in [-0.05, 0) is 59.0 Å². The number of amides is 2. The molecular weight excluding hydrogens is 414 g/mol. The van der Waals surface area contributed by atoms with Crippen LogP contribution in [0, 0.1) is 0 Å². The fraction of sp³-hybridized carbons (Fsp3) is 0.400. The minimum absolute atomic E-state index is 0.0110. The zero-order chi connectivity index (χ0) is 23.5. The number of nitrogens with zero attached hydrogens (tertiary/aromatic N) is 6. The van der Waals surface area contributed by atoms with Gasteiger partial charge < -0.3 is 5.32 Å². The van der Waals surface area contributed by atoms with E-state index in [1.165, 1.54) is 11.9 Å². The molecule has 172 valence electrons. The largest absolute Gasteiger partial charge is 0.330 e. The number of hydrogen-bond acceptors (Lipinski definition) is 5. The molecular formula is C25H31N7O. The van der Waals surface area contributed by atoms with E-state index in [0.29, 0.717) is 18.1 Å². The summed E-state index contributed by atoms with van der Waals surface area (Å²) in [5.74, 6) is 0.561. The van der Waals surface area contributed by atoms with E-state index in [1.54, 1.807) is 23.5 Å². The summed E-state index contributed by atoms with van der Waals surface area (Å²) in [6.45, 7) is 5.85. The van der Waals surface area contributed by atoms with Gasteiger partial charge in [-0.25, -0.2) is 19.8 Å². The van der Waals surface area contributed by atoms with Gasteiger partial charge in [0.05, 0.1) is 30.2 Å². The van der Waals surface area contributed by atoms with Gasteiger partial charge in [0.1, 0.15) is 6.34 Å². The molecule has 1 spiro atoms. The minimum atomic E-state index is -0.230. The summed E-state index contributed by atoms with van der Waals surface area (Å²) >= 11 is 0. The predicted molar refractivity (Wildman–Crippen MR) is 133 cm³/mol. The van der Waals surface area contributed by atoms with Crippen LogP contribution in [0.3, 0.4) is 0 Å². The van der Waals surface area contributed by atoms with Crippen LogP contribution in [0.15, 0.2) is 58.9 Å². The zero-order valence-electron chi connectivity index (χ0n) is 19.5. The molecule has 2 fully saturated rings. The van der Waals surface area contributed by atoms with Crippen LogP contribution in [0.5, 0.6) is 0 Å². The molecule has 2 heterocycles. The summed E-state index contributed by atoms with van der Waals surface area (Å²) < 4.78 is 0. The van der Waals surface area contributed by atoms with E-state index < -0.39 is 0 Å². The quantitative estimate of drug-likeness (QED) is 0.540. The van der Waals surface area contributed by atoms with Gasteiger partial charge >= 0.3 is 6.03 Å². The third-order valence-electron chi connectivity index (χ3n) is 7.00. The maximum atomic E-state index is 12.9. The molecule has 0 bridgehead atoms. The summed E-state index contributed by atoms with van der Waals surface area (Å²) in [7, 11) is 4.30. The number of benzene rings is 1. The normalized spacial score (nSPS) is 25.8. The molecule has 1 aliphatic heterocycles. The molecule has 1 saturated carbocycles. The summed E-state index contributed by atoms with van der Waals surface area (Å²) in [6.07, 6.45) is 10.2. The monoisotopic (exact) mass is 445 g/mol. The molecule has 33 heavy (non-hydrogen) atoms. The first kappa shape index (κ1) is 22.8. The molecule has 2 aliphatic rings. The van der Waals surface area contributed by atoms with Crippen LogP contribution in [0.4, 0.5) is 10.5 Å². The van der Waals surface area contributed by atoms with Crippen LogP contribution < -0.4 is 10.2 Å². The Labute approximate surface area is 195 Å². The standard InChI is InChI=1S/C25H31N7O/c1-19(14-27-18-26-2)22-28-15-21(16-29-22)32-17-24(30-23(32)33)10-12-25(13-11-24,31(3)4)20-8-6-5-7-9-20/h5-9,14-16,18H,2,10-13,17H2,1,3-4H3,(H,30,33)/b19-14+,27-18-/t24-,25+. The number of hydrogen-bond donors (Lipinski definition) is 1. The van der Waals surface area contributed by atoms with Gasteiger partial charge in [-0.15, -0.1) is 0 Å². The van der Waals surface area contributed by atoms with Crippen LogP contribution in [0.25, 0.3) is 5.57 Å². The molecule has 1 aromatic carbocycles. The fourth-order valence-electron chi connectivity index (χ4n) is 5.00. The smallest absolute Gasteiger partial charge is 0.322 e. The predicted octanol–water partition coefficient (Wildman–Crippen LogP) is 3.87. The minimum Gasteiger partial charge on any atom is -0.330 e. The Bertz CT molecular complexity index is 1050. The van der Waals surface area contributed by atoms with E-state index in [-0.39, 0.29) is 17.1 Å². The Hall–Kier alpha value is -3.39. The second kappa shape index (κ2) is 9.23. The lowest BCUT2D eigenvalue weighted by Crippen LogP contribution is -2.54. The van der Waals surface area contributed by atoms with Crippen molar-refractivity contribution < 1.29 is 4.79 Å². The number of urea groups is 1. The van der Waals surface area contributed by atoms with E-state index in [0.717, 1.165) is 31.3 Å². The molecule has 1 aromatic heterocycles. The number of nitrogens with one attached hydrogen (secondary N) is 1. The molecule has 1 aliphatic carbocycles. The van der Waals surface area contributed by atoms with Crippen molar-refractivity contribution in [1.82, 2.24) is 20.2 Å². The molecule has 8 nitrogen and oxygen atoms in total. The lowest BCUT2D eigenvalue weighted by molar-refractivity contribution is 0.0658. The molecule has 0 atom stereocenters. The van der Waals surface area contributed by atoms with Crippen molar-refractivity contribution in [3.05, 3.63) is 60.3 Å². The van der Waals surface area contributed by atoms with Crippen LogP contribution in [-0.2, 0) is 5.54 Å². The molecule has 1 saturated heterocycles. The fourth-order valence-corrected chi connectivity index (χ4v) is 5.00. The van der Waals surface area contributed by atoms with Crippen molar-refractivity contribution in [2.45, 2.75) is 43.7 Å². The van der Waals surface area contributed by atoms with E-state index >= 15 is 0 Å². The highest BCUT2D eigenvalue weighted by molar-refractivity contribution is 5.95. The summed E-state index contributed by atoms with van der Waals surface area (Å²) in [5, 5.41) is 3.28. The number of carbonyl (C=O) groups excluding carboxylic acids is 1. The Balaban J connectivity index is 1.48. The number of aliphatic imine (C=N–C) groups is 2. The van der Waals surface area contributed by atoms with Crippen LogP contribution in [-0.4, -0.2) is 60.1 Å². The highest BCUT2D eigenvalue weighted by Crippen LogP contribution is 2.46. The third-order valence-corrected chi connectivity index (χ3v) is 7.00. The Morgan fingerprint density at radius 3 is 2.42 bits per heavy atom. The summed E-state index contributed by atoms with van der Waals surface area (Å²) in [5.41, 5.74) is 2.60. The van der Waals surface area contributed by atoms with E-state index in [9.17, 15) is 4.79 Å². The van der Waals surface area contributed by atoms with Crippen LogP contribution >= 0.6 is 0 Å². The Morgan fingerprint density at radius 1 is 1.15 bits per heavy atom. The number of carbonyl (C=O) groups is 1. The third kappa shape index (κ3) is 4.43. The van der Waals surface area contributed by atoms with Crippen LogP contribution in [0.2, 0.25) is 0 Å². The zero-order valence-corrected chi connectivity index (χ0v) is 19.5. The van der Waals surface area contributed by atoms with Crippen molar-refractivity contribution >= 4 is 30.3 Å². The summed E-state index contributed by atoms with van der Waals surface area (Å²) in [6, 6.07) is 10.6. The van der Waals surface area contributed by atoms with Gasteiger partial charge in [0.25, 0.3) is 0 Å². The van der Waals surface area contributed by atoms with Crippen molar-refractivity contribution in [3.63, 3.8) is 0 Å². The highest BCUT2D eigenvalue weighted by atomic mass is 16.2. The molecule has 8 heteroatoms. The average molecular weight is 446 g/mol. The van der Waals surface area contributed by atoms with E-state index in [2.05, 4.69) is 81.3 Å². The lowest BCUT2D eigenvalue weighted by atomic mass is 9.69. The molecule has 0 radical (unpaired) electrons. The number of rotatable bonds is 6. The second-order valence-electron chi connectivity index (χ2n) is 9.11. The number of allylic oxidation sites excluding steroid dienone is 1. The van der Waals surface area contributed by atoms with Gasteiger partial charge in [0.2, 0.25) is 0 Å². The molecule has 2 amide bonds. The van der Waals surface area contributed by atoms with Gasteiger partial charge in [0.15, 0.2) is 5.82 Å². The van der Waals surface area contributed by atoms with Crippen molar-refractivity contribution in [2.24, 2.45) is 9.98 Å². The topological polar surface area (TPSA) is 86.1 Å². The summed E-state index contributed by atoms with van der Waals surface area (Å²) in [4.78, 5) is 33.4. The van der Waals surface area contributed by atoms with Gasteiger partial charge in [-0.2, -0.15) is 0 Å². The SMILES string of the molecule is C=N/C=N\C=C(/C)c1ncc(N2C[C@]3(CC[C@](c4ccccc4)(N(C)C)CC3)NC2=O)cn1. The number of aromatic nitrogens is 2. The molecule has 0 unspecified atom stereocenters. The molecule has 2 aromatic rings.